The summed E-state index contributed by atoms with van der Waals surface area (Å²) < 4.78 is 5.21. The van der Waals surface area contributed by atoms with E-state index in [1.54, 1.807) is 25.3 Å². The summed E-state index contributed by atoms with van der Waals surface area (Å²) in [5.41, 5.74) is 1.61. The second-order valence-electron chi connectivity index (χ2n) is 7.30. The van der Waals surface area contributed by atoms with Gasteiger partial charge in [0.2, 0.25) is 11.8 Å². The fraction of sp³-hybridized carbons (Fsp3) is 0.364. The second-order valence-corrected chi connectivity index (χ2v) is 8.11. The van der Waals surface area contributed by atoms with Gasteiger partial charge in [0, 0.05) is 18.2 Å². The molecule has 0 atom stereocenters. The highest BCUT2D eigenvalue weighted by Crippen LogP contribution is 2.25. The van der Waals surface area contributed by atoms with Gasteiger partial charge >= 0.3 is 0 Å². The molecule has 0 bridgehead atoms. The minimum atomic E-state index is -0.116. The number of nitrogens with one attached hydrogen (secondary N) is 2. The normalized spacial score (nSPS) is 14.9. The summed E-state index contributed by atoms with van der Waals surface area (Å²) >= 11 is 11.9. The van der Waals surface area contributed by atoms with E-state index in [1.807, 2.05) is 24.3 Å². The zero-order chi connectivity index (χ0) is 21.5. The second kappa shape index (κ2) is 10.7. The van der Waals surface area contributed by atoms with Gasteiger partial charge in [0.15, 0.2) is 0 Å². The average Bonchev–Trinajstić information content (AvgIpc) is 2.75. The van der Waals surface area contributed by atoms with Crippen LogP contribution in [-0.4, -0.2) is 43.5 Å². The number of piperidine rings is 1. The van der Waals surface area contributed by atoms with Crippen LogP contribution in [0.3, 0.4) is 0 Å². The van der Waals surface area contributed by atoms with Gasteiger partial charge in [-0.1, -0.05) is 35.3 Å². The van der Waals surface area contributed by atoms with Crippen molar-refractivity contribution in [3.8, 4) is 5.75 Å². The largest absolute Gasteiger partial charge is 0.497 e. The Morgan fingerprint density at radius 1 is 1.10 bits per heavy atom. The van der Waals surface area contributed by atoms with Crippen LogP contribution in [0.5, 0.6) is 5.75 Å². The van der Waals surface area contributed by atoms with Gasteiger partial charge in [-0.15, -0.1) is 0 Å². The van der Waals surface area contributed by atoms with E-state index in [9.17, 15) is 9.59 Å². The Morgan fingerprint density at radius 3 is 2.57 bits per heavy atom. The van der Waals surface area contributed by atoms with E-state index in [0.717, 1.165) is 24.2 Å². The van der Waals surface area contributed by atoms with Crippen LogP contribution < -0.4 is 15.4 Å². The topological polar surface area (TPSA) is 70.7 Å². The molecule has 3 rings (SSSR count). The quantitative estimate of drug-likeness (QED) is 0.670. The fourth-order valence-corrected chi connectivity index (χ4v) is 3.74. The van der Waals surface area contributed by atoms with Gasteiger partial charge in [-0.25, -0.2) is 0 Å². The molecule has 0 saturated carbocycles. The van der Waals surface area contributed by atoms with Crippen LogP contribution in [0.25, 0.3) is 0 Å². The standard InChI is InChI=1S/C22H25Cl2N3O3/c1-30-18-4-2-3-15(11-18)13-25-22(29)16-7-9-27(10-8-16)14-21(28)26-17-5-6-19(23)20(24)12-17/h2-6,11-12,16H,7-10,13-14H2,1H3,(H,25,29)(H,26,28). The number of amides is 2. The first-order valence-electron chi connectivity index (χ1n) is 9.82. The monoisotopic (exact) mass is 449 g/mol. The summed E-state index contributed by atoms with van der Waals surface area (Å²) in [5.74, 6) is 0.672. The third-order valence-electron chi connectivity index (χ3n) is 5.13. The molecule has 1 aliphatic rings. The number of anilines is 1. The number of nitrogens with zero attached hydrogens (tertiary/aromatic N) is 1. The lowest BCUT2D eigenvalue weighted by Crippen LogP contribution is -2.43. The Hall–Kier alpha value is -2.28. The average molecular weight is 450 g/mol. The molecule has 160 valence electrons. The van der Waals surface area contributed by atoms with Crippen molar-refractivity contribution in [3.05, 3.63) is 58.1 Å². The van der Waals surface area contributed by atoms with Gasteiger partial charge in [0.25, 0.3) is 0 Å². The van der Waals surface area contributed by atoms with E-state index in [0.29, 0.717) is 35.4 Å². The van der Waals surface area contributed by atoms with Gasteiger partial charge in [-0.2, -0.15) is 0 Å². The number of hydrogen-bond acceptors (Lipinski definition) is 4. The summed E-state index contributed by atoms with van der Waals surface area (Å²) in [7, 11) is 1.62. The van der Waals surface area contributed by atoms with E-state index in [-0.39, 0.29) is 24.3 Å². The fourth-order valence-electron chi connectivity index (χ4n) is 3.45. The number of methoxy groups -OCH3 is 1. The SMILES string of the molecule is COc1cccc(CNC(=O)C2CCN(CC(=O)Nc3ccc(Cl)c(Cl)c3)CC2)c1. The van der Waals surface area contributed by atoms with Crippen LogP contribution in [0.2, 0.25) is 10.0 Å². The van der Waals surface area contributed by atoms with Gasteiger partial charge in [0.05, 0.1) is 23.7 Å². The van der Waals surface area contributed by atoms with Crippen molar-refractivity contribution < 1.29 is 14.3 Å². The Morgan fingerprint density at radius 2 is 1.87 bits per heavy atom. The molecule has 1 aliphatic heterocycles. The summed E-state index contributed by atoms with van der Waals surface area (Å²) in [5, 5.41) is 6.67. The molecule has 1 saturated heterocycles. The zero-order valence-electron chi connectivity index (χ0n) is 16.8. The molecule has 6 nitrogen and oxygen atoms in total. The number of benzene rings is 2. The first-order valence-corrected chi connectivity index (χ1v) is 10.6. The van der Waals surface area contributed by atoms with Crippen LogP contribution in [-0.2, 0) is 16.1 Å². The Balaban J connectivity index is 1.40. The maximum absolute atomic E-state index is 12.5. The number of rotatable bonds is 7. The number of halogens is 2. The molecule has 1 fully saturated rings. The van der Waals surface area contributed by atoms with Crippen molar-refractivity contribution >= 4 is 40.7 Å². The number of hydrogen-bond donors (Lipinski definition) is 2. The molecule has 0 radical (unpaired) electrons. The molecule has 0 spiro atoms. The van der Waals surface area contributed by atoms with E-state index in [2.05, 4.69) is 15.5 Å². The molecule has 2 aromatic rings. The summed E-state index contributed by atoms with van der Waals surface area (Å²) in [6, 6.07) is 12.6. The van der Waals surface area contributed by atoms with Crippen LogP contribution in [0, 0.1) is 5.92 Å². The van der Waals surface area contributed by atoms with Gasteiger partial charge in [-0.05, 0) is 61.8 Å². The zero-order valence-corrected chi connectivity index (χ0v) is 18.3. The summed E-state index contributed by atoms with van der Waals surface area (Å²) in [4.78, 5) is 26.8. The van der Waals surface area contributed by atoms with Crippen molar-refractivity contribution in [2.45, 2.75) is 19.4 Å². The lowest BCUT2D eigenvalue weighted by molar-refractivity contribution is -0.126. The third-order valence-corrected chi connectivity index (χ3v) is 5.87. The number of likely N-dealkylation sites (tertiary alicyclic amines) is 1. The highest BCUT2D eigenvalue weighted by molar-refractivity contribution is 6.42. The first-order chi connectivity index (χ1) is 14.4. The van der Waals surface area contributed by atoms with Crippen LogP contribution in [0.4, 0.5) is 5.69 Å². The molecular weight excluding hydrogens is 425 g/mol. The third kappa shape index (κ3) is 6.36. The Bertz CT molecular complexity index is 899. The highest BCUT2D eigenvalue weighted by atomic mass is 35.5. The van der Waals surface area contributed by atoms with Crippen molar-refractivity contribution in [1.29, 1.82) is 0 Å². The maximum Gasteiger partial charge on any atom is 0.238 e. The minimum Gasteiger partial charge on any atom is -0.497 e. The number of carbonyl (C=O) groups is 2. The van der Waals surface area contributed by atoms with Gasteiger partial charge < -0.3 is 15.4 Å². The Kier molecular flexibility index (Phi) is 7.96. The minimum absolute atomic E-state index is 0.0370. The van der Waals surface area contributed by atoms with Crippen molar-refractivity contribution in [1.82, 2.24) is 10.2 Å². The summed E-state index contributed by atoms with van der Waals surface area (Å²) in [6.45, 7) is 2.15. The number of ether oxygens (including phenoxy) is 1. The first kappa shape index (κ1) is 22.4. The molecule has 30 heavy (non-hydrogen) atoms. The maximum atomic E-state index is 12.5. The summed E-state index contributed by atoms with van der Waals surface area (Å²) in [6.07, 6.45) is 1.45. The number of carbonyl (C=O) groups excluding carboxylic acids is 2. The van der Waals surface area contributed by atoms with Gasteiger partial charge in [-0.3, -0.25) is 14.5 Å². The van der Waals surface area contributed by atoms with Gasteiger partial charge in [0.1, 0.15) is 5.75 Å². The molecule has 0 aromatic heterocycles. The van der Waals surface area contributed by atoms with Crippen molar-refractivity contribution in [3.63, 3.8) is 0 Å². The van der Waals surface area contributed by atoms with Crippen LogP contribution in [0.15, 0.2) is 42.5 Å². The molecular formula is C22H25Cl2N3O3. The predicted octanol–water partition coefficient (Wildman–Crippen LogP) is 3.97. The smallest absolute Gasteiger partial charge is 0.238 e. The van der Waals surface area contributed by atoms with E-state index < -0.39 is 0 Å². The molecule has 0 aliphatic carbocycles. The molecule has 0 unspecified atom stereocenters. The molecule has 8 heteroatoms. The van der Waals surface area contributed by atoms with Crippen LogP contribution in [0.1, 0.15) is 18.4 Å². The van der Waals surface area contributed by atoms with E-state index >= 15 is 0 Å². The molecule has 2 aromatic carbocycles. The molecule has 2 amide bonds. The van der Waals surface area contributed by atoms with Crippen molar-refractivity contribution in [2.75, 3.05) is 32.1 Å². The van der Waals surface area contributed by atoms with Crippen LogP contribution >= 0.6 is 23.2 Å². The lowest BCUT2D eigenvalue weighted by Gasteiger charge is -2.30. The molecule has 1 heterocycles. The van der Waals surface area contributed by atoms with Crippen molar-refractivity contribution in [2.24, 2.45) is 5.92 Å². The molecule has 2 N–H and O–H groups in total. The lowest BCUT2D eigenvalue weighted by atomic mass is 9.96. The highest BCUT2D eigenvalue weighted by Gasteiger charge is 2.25. The Labute approximate surface area is 186 Å². The predicted molar refractivity (Wildman–Crippen MR) is 119 cm³/mol. The van der Waals surface area contributed by atoms with E-state index in [1.165, 1.54) is 0 Å². The van der Waals surface area contributed by atoms with E-state index in [4.69, 9.17) is 27.9 Å².